The van der Waals surface area contributed by atoms with Crippen molar-refractivity contribution in [3.8, 4) is 0 Å². The minimum absolute atomic E-state index is 0.116. The molecule has 21 heavy (non-hydrogen) atoms. The van der Waals surface area contributed by atoms with E-state index >= 15 is 0 Å². The number of thiophene rings is 2. The summed E-state index contributed by atoms with van der Waals surface area (Å²) in [5.41, 5.74) is 0. The predicted molar refractivity (Wildman–Crippen MR) is 90.8 cm³/mol. The summed E-state index contributed by atoms with van der Waals surface area (Å²) < 4.78 is 0. The Morgan fingerprint density at radius 3 is 2.10 bits per heavy atom. The van der Waals surface area contributed by atoms with E-state index < -0.39 is 0 Å². The number of amides is 2. The molecule has 0 saturated heterocycles. The number of nitrogens with zero attached hydrogens (tertiary/aromatic N) is 2. The Kier molecular flexibility index (Phi) is 6.26. The van der Waals surface area contributed by atoms with Crippen LogP contribution in [0.3, 0.4) is 0 Å². The fraction of sp³-hybridized carbons (Fsp3) is 0.438. The van der Waals surface area contributed by atoms with Gasteiger partial charge in [0.25, 0.3) is 0 Å². The highest BCUT2D eigenvalue weighted by molar-refractivity contribution is 7.10. The van der Waals surface area contributed by atoms with Crippen LogP contribution >= 0.6 is 22.7 Å². The minimum atomic E-state index is 0.116. The van der Waals surface area contributed by atoms with Crippen LogP contribution < -0.4 is 0 Å². The van der Waals surface area contributed by atoms with Crippen LogP contribution in [0.5, 0.6) is 0 Å². The Hall–Kier alpha value is -1.33. The molecule has 0 saturated carbocycles. The van der Waals surface area contributed by atoms with Gasteiger partial charge in [-0.1, -0.05) is 25.5 Å². The molecule has 0 aliphatic carbocycles. The second-order valence-electron chi connectivity index (χ2n) is 5.07. The number of unbranched alkanes of at least 4 members (excludes halogenated alkanes) is 1. The molecule has 2 heterocycles. The van der Waals surface area contributed by atoms with Crippen molar-refractivity contribution in [3.05, 3.63) is 44.8 Å². The van der Waals surface area contributed by atoms with Gasteiger partial charge in [-0.05, 0) is 29.3 Å². The molecule has 114 valence electrons. The Bertz CT molecular complexity index is 486. The highest BCUT2D eigenvalue weighted by atomic mass is 32.1. The summed E-state index contributed by atoms with van der Waals surface area (Å²) in [4.78, 5) is 18.9. The Labute approximate surface area is 134 Å². The van der Waals surface area contributed by atoms with Gasteiger partial charge in [0.05, 0.1) is 13.1 Å². The van der Waals surface area contributed by atoms with Crippen LogP contribution in [0.15, 0.2) is 35.0 Å². The van der Waals surface area contributed by atoms with Crippen LogP contribution in [0.25, 0.3) is 0 Å². The molecular weight excluding hydrogens is 300 g/mol. The van der Waals surface area contributed by atoms with Gasteiger partial charge in [0.1, 0.15) is 0 Å². The largest absolute Gasteiger partial charge is 0.328 e. The van der Waals surface area contributed by atoms with E-state index in [4.69, 9.17) is 0 Å². The van der Waals surface area contributed by atoms with Gasteiger partial charge >= 0.3 is 6.03 Å². The summed E-state index contributed by atoms with van der Waals surface area (Å²) in [6.07, 6.45) is 2.15. The number of rotatable bonds is 7. The molecule has 0 aliphatic heterocycles. The summed E-state index contributed by atoms with van der Waals surface area (Å²) in [6, 6.07) is 8.37. The smallest absolute Gasteiger partial charge is 0.320 e. The molecule has 0 atom stereocenters. The van der Waals surface area contributed by atoms with Crippen LogP contribution in [-0.2, 0) is 13.1 Å². The van der Waals surface area contributed by atoms with Crippen LogP contribution in [0.4, 0.5) is 4.79 Å². The third-order valence-corrected chi connectivity index (χ3v) is 5.02. The Morgan fingerprint density at radius 1 is 1.10 bits per heavy atom. The van der Waals surface area contributed by atoms with Crippen molar-refractivity contribution < 1.29 is 4.79 Å². The van der Waals surface area contributed by atoms with Gasteiger partial charge in [-0.3, -0.25) is 0 Å². The van der Waals surface area contributed by atoms with E-state index in [0.717, 1.165) is 19.4 Å². The lowest BCUT2D eigenvalue weighted by atomic mass is 10.3. The number of carbonyl (C=O) groups excluding carboxylic acids is 1. The number of hydrogen-bond donors (Lipinski definition) is 0. The van der Waals surface area contributed by atoms with E-state index in [-0.39, 0.29) is 6.03 Å². The molecule has 2 aromatic rings. The van der Waals surface area contributed by atoms with Gasteiger partial charge < -0.3 is 9.80 Å². The summed E-state index contributed by atoms with van der Waals surface area (Å²) in [5, 5.41) is 4.12. The summed E-state index contributed by atoms with van der Waals surface area (Å²) in [6.45, 7) is 4.34. The van der Waals surface area contributed by atoms with Crippen molar-refractivity contribution in [1.29, 1.82) is 0 Å². The third kappa shape index (κ3) is 4.86. The second-order valence-corrected chi connectivity index (χ2v) is 7.14. The standard InChI is InChI=1S/C16H22N2OS2/c1-3-4-9-17(2)16(19)18(12-14-7-5-10-20-14)13-15-8-6-11-21-15/h5-8,10-11H,3-4,9,12-13H2,1-2H3. The SMILES string of the molecule is CCCCN(C)C(=O)N(Cc1cccs1)Cc1cccs1. The zero-order valence-electron chi connectivity index (χ0n) is 12.6. The van der Waals surface area contributed by atoms with Crippen molar-refractivity contribution in [2.24, 2.45) is 0 Å². The molecule has 0 aliphatic rings. The van der Waals surface area contributed by atoms with E-state index in [1.54, 1.807) is 22.7 Å². The number of urea groups is 1. The summed E-state index contributed by atoms with van der Waals surface area (Å²) in [7, 11) is 1.90. The van der Waals surface area contributed by atoms with Crippen molar-refractivity contribution in [3.63, 3.8) is 0 Å². The molecule has 5 heteroatoms. The van der Waals surface area contributed by atoms with Crippen LogP contribution in [-0.4, -0.2) is 29.4 Å². The van der Waals surface area contributed by atoms with Crippen LogP contribution in [0.1, 0.15) is 29.5 Å². The normalized spacial score (nSPS) is 10.6. The van der Waals surface area contributed by atoms with E-state index in [9.17, 15) is 4.79 Å². The Balaban J connectivity index is 2.04. The summed E-state index contributed by atoms with van der Waals surface area (Å²) in [5.74, 6) is 0. The summed E-state index contributed by atoms with van der Waals surface area (Å²) >= 11 is 3.40. The number of carbonyl (C=O) groups is 1. The van der Waals surface area contributed by atoms with E-state index in [1.807, 2.05) is 29.0 Å². The molecule has 2 amide bonds. The topological polar surface area (TPSA) is 23.6 Å². The lowest BCUT2D eigenvalue weighted by Gasteiger charge is -2.27. The van der Waals surface area contributed by atoms with Gasteiger partial charge in [0, 0.05) is 23.3 Å². The van der Waals surface area contributed by atoms with Crippen LogP contribution in [0, 0.1) is 0 Å². The molecule has 0 spiro atoms. The van der Waals surface area contributed by atoms with Gasteiger partial charge in [-0.25, -0.2) is 4.79 Å². The monoisotopic (exact) mass is 322 g/mol. The van der Waals surface area contributed by atoms with Crippen molar-refractivity contribution in [2.45, 2.75) is 32.9 Å². The first-order valence-corrected chi connectivity index (χ1v) is 9.01. The molecule has 0 unspecified atom stereocenters. The zero-order chi connectivity index (χ0) is 15.1. The lowest BCUT2D eigenvalue weighted by molar-refractivity contribution is 0.157. The molecule has 2 rings (SSSR count). The quantitative estimate of drug-likeness (QED) is 0.727. The molecule has 0 fully saturated rings. The van der Waals surface area contributed by atoms with Gasteiger partial charge in [0.2, 0.25) is 0 Å². The van der Waals surface area contributed by atoms with Crippen molar-refractivity contribution >= 4 is 28.7 Å². The van der Waals surface area contributed by atoms with Gasteiger partial charge in [-0.15, -0.1) is 22.7 Å². The average molecular weight is 322 g/mol. The highest BCUT2D eigenvalue weighted by Crippen LogP contribution is 2.18. The van der Waals surface area contributed by atoms with Crippen molar-refractivity contribution in [2.75, 3.05) is 13.6 Å². The molecule has 0 aromatic carbocycles. The first kappa shape index (κ1) is 16.0. The molecular formula is C16H22N2OS2. The van der Waals surface area contributed by atoms with E-state index in [2.05, 4.69) is 29.8 Å². The Morgan fingerprint density at radius 2 is 1.67 bits per heavy atom. The molecule has 0 N–H and O–H groups in total. The third-order valence-electron chi connectivity index (χ3n) is 3.30. The second kappa shape index (κ2) is 8.20. The minimum Gasteiger partial charge on any atom is -0.328 e. The van der Waals surface area contributed by atoms with E-state index in [1.165, 1.54) is 9.75 Å². The first-order chi connectivity index (χ1) is 10.2. The highest BCUT2D eigenvalue weighted by Gasteiger charge is 2.19. The molecule has 0 bridgehead atoms. The zero-order valence-corrected chi connectivity index (χ0v) is 14.3. The molecule has 0 radical (unpaired) electrons. The number of hydrogen-bond acceptors (Lipinski definition) is 3. The van der Waals surface area contributed by atoms with Crippen molar-refractivity contribution in [1.82, 2.24) is 9.80 Å². The maximum Gasteiger partial charge on any atom is 0.320 e. The predicted octanol–water partition coefficient (Wildman–Crippen LogP) is 4.66. The van der Waals surface area contributed by atoms with E-state index in [0.29, 0.717) is 13.1 Å². The van der Waals surface area contributed by atoms with Crippen LogP contribution in [0.2, 0.25) is 0 Å². The molecule has 2 aromatic heterocycles. The first-order valence-electron chi connectivity index (χ1n) is 7.25. The maximum atomic E-state index is 12.7. The van der Waals surface area contributed by atoms with Gasteiger partial charge in [0.15, 0.2) is 0 Å². The fourth-order valence-corrected chi connectivity index (χ4v) is 3.54. The maximum absolute atomic E-state index is 12.7. The molecule has 3 nitrogen and oxygen atoms in total. The van der Waals surface area contributed by atoms with Gasteiger partial charge in [-0.2, -0.15) is 0 Å². The lowest BCUT2D eigenvalue weighted by Crippen LogP contribution is -2.40. The fourth-order valence-electron chi connectivity index (χ4n) is 2.10. The average Bonchev–Trinajstić information content (AvgIpc) is 3.16.